The summed E-state index contributed by atoms with van der Waals surface area (Å²) in [7, 11) is 0. The highest BCUT2D eigenvalue weighted by molar-refractivity contribution is 7.98. The summed E-state index contributed by atoms with van der Waals surface area (Å²) < 4.78 is 4.88. The second-order valence-corrected chi connectivity index (χ2v) is 3.89. The summed E-state index contributed by atoms with van der Waals surface area (Å²) >= 11 is 1.52. The summed E-state index contributed by atoms with van der Waals surface area (Å²) in [5.41, 5.74) is 0. The molecule has 0 aromatic carbocycles. The first-order valence-corrected chi connectivity index (χ1v) is 6.19. The third-order valence-electron chi connectivity index (χ3n) is 1.86. The summed E-state index contributed by atoms with van der Waals surface area (Å²) in [6.45, 7) is 3.89. The Bertz CT molecular complexity index is 360. The third-order valence-corrected chi connectivity index (χ3v) is 2.50. The Kier molecular flexibility index (Phi) is 5.04. The average Bonchev–Trinajstić information content (AvgIpc) is 2.29. The number of carbonyl (C=O) groups is 1. The van der Waals surface area contributed by atoms with Crippen LogP contribution in [0, 0.1) is 0 Å². The molecule has 0 spiro atoms. The molecule has 0 amide bonds. The van der Waals surface area contributed by atoms with Gasteiger partial charge in [0.15, 0.2) is 0 Å². The normalized spacial score (nSPS) is 11.9. The van der Waals surface area contributed by atoms with E-state index in [2.05, 4.69) is 15.3 Å². The Morgan fingerprint density at radius 1 is 1.62 bits per heavy atom. The van der Waals surface area contributed by atoms with Crippen LogP contribution in [0.3, 0.4) is 0 Å². The molecule has 1 atom stereocenters. The fourth-order valence-corrected chi connectivity index (χ4v) is 1.46. The van der Waals surface area contributed by atoms with E-state index in [1.54, 1.807) is 19.9 Å². The van der Waals surface area contributed by atoms with Crippen molar-refractivity contribution in [3.8, 4) is 0 Å². The van der Waals surface area contributed by atoms with Crippen molar-refractivity contribution in [1.82, 2.24) is 9.97 Å². The molecule has 1 aromatic rings. The third kappa shape index (κ3) is 3.69. The van der Waals surface area contributed by atoms with Crippen molar-refractivity contribution in [3.05, 3.63) is 12.4 Å². The number of esters is 1. The maximum atomic E-state index is 11.4. The van der Waals surface area contributed by atoms with Gasteiger partial charge in [0.1, 0.15) is 23.2 Å². The van der Waals surface area contributed by atoms with E-state index in [1.807, 2.05) is 6.26 Å². The van der Waals surface area contributed by atoms with Crippen molar-refractivity contribution in [2.24, 2.45) is 0 Å². The molecule has 0 fully saturated rings. The molecule has 0 aliphatic carbocycles. The predicted octanol–water partition coefficient (Wildman–Crippen LogP) is 1.56. The minimum Gasteiger partial charge on any atom is -0.464 e. The Labute approximate surface area is 99.0 Å². The van der Waals surface area contributed by atoms with Crippen molar-refractivity contribution < 1.29 is 9.53 Å². The van der Waals surface area contributed by atoms with Crippen LogP contribution in [0.2, 0.25) is 0 Å². The molecule has 6 heteroatoms. The standard InChI is InChI=1S/C10H15N3O2S/c1-4-15-10(14)7(2)13-8-5-9(16-3)12-6-11-8/h5-7H,4H2,1-3H3,(H,11,12,13). The van der Waals surface area contributed by atoms with Gasteiger partial charge in [0.25, 0.3) is 0 Å². The number of nitrogens with one attached hydrogen (secondary N) is 1. The quantitative estimate of drug-likeness (QED) is 0.479. The largest absolute Gasteiger partial charge is 0.464 e. The number of anilines is 1. The molecule has 1 aromatic heterocycles. The summed E-state index contributed by atoms with van der Waals surface area (Å²) in [5.74, 6) is 0.340. The first kappa shape index (κ1) is 12.8. The summed E-state index contributed by atoms with van der Waals surface area (Å²) in [6.07, 6.45) is 3.40. The number of rotatable bonds is 5. The van der Waals surface area contributed by atoms with Crippen molar-refractivity contribution in [3.63, 3.8) is 0 Å². The molecule has 0 aliphatic heterocycles. The SMILES string of the molecule is CCOC(=O)C(C)Nc1cc(SC)ncn1. The van der Waals surface area contributed by atoms with Gasteiger partial charge < -0.3 is 10.1 Å². The highest BCUT2D eigenvalue weighted by Crippen LogP contribution is 2.14. The number of ether oxygens (including phenoxy) is 1. The van der Waals surface area contributed by atoms with E-state index in [0.29, 0.717) is 12.4 Å². The monoisotopic (exact) mass is 241 g/mol. The van der Waals surface area contributed by atoms with Crippen molar-refractivity contribution >= 4 is 23.5 Å². The van der Waals surface area contributed by atoms with E-state index in [4.69, 9.17) is 4.74 Å². The molecule has 0 bridgehead atoms. The van der Waals surface area contributed by atoms with Gasteiger partial charge in [-0.1, -0.05) is 0 Å². The average molecular weight is 241 g/mol. The van der Waals surface area contributed by atoms with E-state index in [9.17, 15) is 4.79 Å². The van der Waals surface area contributed by atoms with Crippen LogP contribution < -0.4 is 5.32 Å². The fourth-order valence-electron chi connectivity index (χ4n) is 1.08. The van der Waals surface area contributed by atoms with Crippen molar-refractivity contribution in [2.45, 2.75) is 24.9 Å². The molecule has 1 rings (SSSR count). The topological polar surface area (TPSA) is 64.1 Å². The summed E-state index contributed by atoms with van der Waals surface area (Å²) in [4.78, 5) is 19.4. The first-order chi connectivity index (χ1) is 7.67. The lowest BCUT2D eigenvalue weighted by Gasteiger charge is -2.12. The van der Waals surface area contributed by atoms with Crippen LogP contribution in [0.4, 0.5) is 5.82 Å². The Morgan fingerprint density at radius 2 is 2.38 bits per heavy atom. The van der Waals surface area contributed by atoms with E-state index in [-0.39, 0.29) is 5.97 Å². The number of aromatic nitrogens is 2. The van der Waals surface area contributed by atoms with E-state index in [0.717, 1.165) is 5.03 Å². The molecule has 16 heavy (non-hydrogen) atoms. The second kappa shape index (κ2) is 6.32. The zero-order chi connectivity index (χ0) is 12.0. The molecular weight excluding hydrogens is 226 g/mol. The van der Waals surface area contributed by atoms with Crippen LogP contribution in [0.15, 0.2) is 17.4 Å². The molecule has 0 aliphatic rings. The van der Waals surface area contributed by atoms with Gasteiger partial charge >= 0.3 is 5.97 Å². The molecule has 1 heterocycles. The zero-order valence-electron chi connectivity index (χ0n) is 9.56. The fraction of sp³-hybridized carbons (Fsp3) is 0.500. The number of thioether (sulfide) groups is 1. The predicted molar refractivity (Wildman–Crippen MR) is 63.5 cm³/mol. The van der Waals surface area contributed by atoms with Gasteiger partial charge in [0, 0.05) is 6.07 Å². The molecule has 0 saturated heterocycles. The van der Waals surface area contributed by atoms with Gasteiger partial charge in [0.05, 0.1) is 6.61 Å². The van der Waals surface area contributed by atoms with Crippen LogP contribution in [0.1, 0.15) is 13.8 Å². The smallest absolute Gasteiger partial charge is 0.328 e. The minimum atomic E-state index is -0.412. The summed E-state index contributed by atoms with van der Waals surface area (Å²) in [6, 6.07) is 1.38. The summed E-state index contributed by atoms with van der Waals surface area (Å²) in [5, 5.41) is 3.82. The highest BCUT2D eigenvalue weighted by Gasteiger charge is 2.13. The lowest BCUT2D eigenvalue weighted by molar-refractivity contribution is -0.143. The van der Waals surface area contributed by atoms with Gasteiger partial charge in [-0.15, -0.1) is 11.8 Å². The van der Waals surface area contributed by atoms with Crippen LogP contribution in [0.5, 0.6) is 0 Å². The Morgan fingerprint density at radius 3 is 3.00 bits per heavy atom. The van der Waals surface area contributed by atoms with E-state index < -0.39 is 6.04 Å². The number of carbonyl (C=O) groups excluding carboxylic acids is 1. The van der Waals surface area contributed by atoms with Crippen LogP contribution >= 0.6 is 11.8 Å². The van der Waals surface area contributed by atoms with E-state index >= 15 is 0 Å². The van der Waals surface area contributed by atoms with Gasteiger partial charge in [-0.25, -0.2) is 14.8 Å². The van der Waals surface area contributed by atoms with Crippen molar-refractivity contribution in [2.75, 3.05) is 18.2 Å². The van der Waals surface area contributed by atoms with E-state index in [1.165, 1.54) is 18.1 Å². The van der Waals surface area contributed by atoms with Gasteiger partial charge in [-0.05, 0) is 20.1 Å². The van der Waals surface area contributed by atoms with Gasteiger partial charge in [0.2, 0.25) is 0 Å². The van der Waals surface area contributed by atoms with Crippen LogP contribution in [-0.4, -0.2) is 34.8 Å². The molecule has 0 radical (unpaired) electrons. The molecule has 1 N–H and O–H groups in total. The maximum absolute atomic E-state index is 11.4. The van der Waals surface area contributed by atoms with Crippen LogP contribution in [-0.2, 0) is 9.53 Å². The van der Waals surface area contributed by atoms with Gasteiger partial charge in [-0.3, -0.25) is 0 Å². The lowest BCUT2D eigenvalue weighted by atomic mass is 10.3. The molecule has 88 valence electrons. The molecule has 5 nitrogen and oxygen atoms in total. The number of hydrogen-bond donors (Lipinski definition) is 1. The second-order valence-electron chi connectivity index (χ2n) is 3.06. The molecule has 0 saturated carbocycles. The number of hydrogen-bond acceptors (Lipinski definition) is 6. The lowest BCUT2D eigenvalue weighted by Crippen LogP contribution is -2.28. The first-order valence-electron chi connectivity index (χ1n) is 4.96. The number of nitrogens with zero attached hydrogens (tertiary/aromatic N) is 2. The molecule has 1 unspecified atom stereocenters. The minimum absolute atomic E-state index is 0.285. The highest BCUT2D eigenvalue weighted by atomic mass is 32.2. The molecular formula is C10H15N3O2S. The zero-order valence-corrected chi connectivity index (χ0v) is 10.4. The van der Waals surface area contributed by atoms with Crippen LogP contribution in [0.25, 0.3) is 0 Å². The Hall–Kier alpha value is -1.30. The Balaban J connectivity index is 2.61. The van der Waals surface area contributed by atoms with Gasteiger partial charge in [-0.2, -0.15) is 0 Å². The maximum Gasteiger partial charge on any atom is 0.328 e. The van der Waals surface area contributed by atoms with Crippen molar-refractivity contribution in [1.29, 1.82) is 0 Å².